The summed E-state index contributed by atoms with van der Waals surface area (Å²) in [5, 5.41) is 0. The average molecular weight is 418 g/mol. The highest BCUT2D eigenvalue weighted by Gasteiger charge is 2.12. The summed E-state index contributed by atoms with van der Waals surface area (Å²) in [5.74, 6) is 0.00232. The Balaban J connectivity index is 1.39. The maximum absolute atomic E-state index is 12.8. The molecule has 0 radical (unpaired) electrons. The van der Waals surface area contributed by atoms with Crippen molar-refractivity contribution >= 4 is 17.3 Å². The summed E-state index contributed by atoms with van der Waals surface area (Å²) >= 11 is 0. The quantitative estimate of drug-likeness (QED) is 0.341. The van der Waals surface area contributed by atoms with E-state index in [0.29, 0.717) is 35.1 Å². The first kappa shape index (κ1) is 21.1. The Morgan fingerprint density at radius 1 is 0.406 bits per heavy atom. The molecule has 0 amide bonds. The van der Waals surface area contributed by atoms with Gasteiger partial charge in [-0.3, -0.25) is 14.4 Å². The van der Waals surface area contributed by atoms with Crippen molar-refractivity contribution in [2.24, 2.45) is 0 Å². The lowest BCUT2D eigenvalue weighted by atomic mass is 9.97. The molecule has 3 heteroatoms. The molecule has 0 aliphatic carbocycles. The lowest BCUT2D eigenvalue weighted by Gasteiger charge is -2.06. The second-order valence-electron chi connectivity index (χ2n) is 7.65. The topological polar surface area (TPSA) is 51.2 Å². The second-order valence-corrected chi connectivity index (χ2v) is 7.65. The Labute approximate surface area is 187 Å². The molecule has 32 heavy (non-hydrogen) atoms. The molecule has 4 aromatic rings. The fourth-order valence-corrected chi connectivity index (χ4v) is 3.54. The van der Waals surface area contributed by atoms with Crippen LogP contribution in [0.2, 0.25) is 0 Å². The van der Waals surface area contributed by atoms with Gasteiger partial charge in [0, 0.05) is 35.1 Å². The predicted molar refractivity (Wildman–Crippen MR) is 125 cm³/mol. The van der Waals surface area contributed by atoms with Gasteiger partial charge >= 0.3 is 0 Å². The van der Waals surface area contributed by atoms with Gasteiger partial charge < -0.3 is 0 Å². The van der Waals surface area contributed by atoms with Gasteiger partial charge in [-0.15, -0.1) is 0 Å². The zero-order valence-electron chi connectivity index (χ0n) is 17.5. The predicted octanol–water partition coefficient (Wildman–Crippen LogP) is 5.77. The summed E-state index contributed by atoms with van der Waals surface area (Å²) in [4.78, 5) is 37.5. The van der Waals surface area contributed by atoms with E-state index < -0.39 is 0 Å². The van der Waals surface area contributed by atoms with E-state index in [2.05, 4.69) is 0 Å². The number of rotatable bonds is 8. The van der Waals surface area contributed by atoms with Crippen LogP contribution in [0, 0.1) is 0 Å². The lowest BCUT2D eigenvalue weighted by molar-refractivity contribution is 0.0985. The van der Waals surface area contributed by atoms with Crippen molar-refractivity contribution in [1.82, 2.24) is 0 Å². The van der Waals surface area contributed by atoms with E-state index in [1.54, 1.807) is 48.5 Å². The SMILES string of the molecule is O=C(Cc1ccc(C(=O)c2ccc(CC(=O)c3ccccc3)cc2)cc1)c1ccccc1. The first-order chi connectivity index (χ1) is 15.6. The van der Waals surface area contributed by atoms with E-state index in [1.165, 1.54) is 0 Å². The van der Waals surface area contributed by atoms with Crippen LogP contribution in [-0.2, 0) is 12.8 Å². The number of Topliss-reactive ketones (excluding diaryl/α,β-unsaturated/α-hetero) is 2. The normalized spacial score (nSPS) is 10.5. The van der Waals surface area contributed by atoms with Crippen molar-refractivity contribution < 1.29 is 14.4 Å². The standard InChI is InChI=1S/C29H22O3/c30-27(23-7-3-1-4-8-23)19-21-11-15-25(16-12-21)29(32)26-17-13-22(14-18-26)20-28(31)24-9-5-2-6-10-24/h1-18H,19-20H2. The maximum Gasteiger partial charge on any atom is 0.193 e. The van der Waals surface area contributed by atoms with Gasteiger partial charge in [-0.2, -0.15) is 0 Å². The number of ketones is 3. The Morgan fingerprint density at radius 2 is 0.750 bits per heavy atom. The molecular formula is C29H22O3. The summed E-state index contributed by atoms with van der Waals surface area (Å²) in [5.41, 5.74) is 4.22. The van der Waals surface area contributed by atoms with Crippen molar-refractivity contribution in [2.75, 3.05) is 0 Å². The molecule has 0 atom stereocenters. The summed E-state index contributed by atoms with van der Waals surface area (Å²) in [6, 6.07) is 32.6. The van der Waals surface area contributed by atoms with Crippen LogP contribution in [0.4, 0.5) is 0 Å². The third-order valence-corrected chi connectivity index (χ3v) is 5.35. The average Bonchev–Trinajstić information content (AvgIpc) is 2.85. The van der Waals surface area contributed by atoms with Gasteiger partial charge in [0.2, 0.25) is 0 Å². The molecule has 0 heterocycles. The Morgan fingerprint density at radius 3 is 1.09 bits per heavy atom. The van der Waals surface area contributed by atoms with Crippen LogP contribution in [0.5, 0.6) is 0 Å². The van der Waals surface area contributed by atoms with Gasteiger partial charge in [-0.25, -0.2) is 0 Å². The first-order valence-corrected chi connectivity index (χ1v) is 10.5. The molecular weight excluding hydrogens is 396 g/mol. The monoisotopic (exact) mass is 418 g/mol. The fraction of sp³-hybridized carbons (Fsp3) is 0.0690. The second kappa shape index (κ2) is 9.80. The molecule has 0 aliphatic heterocycles. The molecule has 0 fully saturated rings. The van der Waals surface area contributed by atoms with Crippen molar-refractivity contribution in [2.45, 2.75) is 12.8 Å². The number of carbonyl (C=O) groups is 3. The Hall–Kier alpha value is -4.11. The molecule has 0 aromatic heterocycles. The molecule has 0 aliphatic rings. The molecule has 4 rings (SSSR count). The van der Waals surface area contributed by atoms with Gasteiger partial charge in [0.05, 0.1) is 0 Å². The summed E-state index contributed by atoms with van der Waals surface area (Å²) < 4.78 is 0. The number of hydrogen-bond acceptors (Lipinski definition) is 3. The number of benzene rings is 4. The summed E-state index contributed by atoms with van der Waals surface area (Å²) in [6.45, 7) is 0. The zero-order chi connectivity index (χ0) is 22.3. The Kier molecular flexibility index (Phi) is 6.47. The van der Waals surface area contributed by atoms with Crippen LogP contribution in [0.25, 0.3) is 0 Å². The third-order valence-electron chi connectivity index (χ3n) is 5.35. The molecule has 0 N–H and O–H groups in total. The largest absolute Gasteiger partial charge is 0.294 e. The van der Waals surface area contributed by atoms with Gasteiger partial charge in [-0.1, -0.05) is 109 Å². The minimum absolute atomic E-state index is 0.0466. The minimum Gasteiger partial charge on any atom is -0.294 e. The van der Waals surface area contributed by atoms with Crippen molar-refractivity contribution in [3.8, 4) is 0 Å². The van der Waals surface area contributed by atoms with Gasteiger partial charge in [-0.05, 0) is 11.1 Å². The first-order valence-electron chi connectivity index (χ1n) is 10.5. The molecule has 0 saturated carbocycles. The zero-order valence-corrected chi connectivity index (χ0v) is 17.5. The molecule has 0 saturated heterocycles. The fourth-order valence-electron chi connectivity index (χ4n) is 3.54. The lowest BCUT2D eigenvalue weighted by Crippen LogP contribution is -2.06. The molecule has 0 unspecified atom stereocenters. The van der Waals surface area contributed by atoms with Gasteiger partial charge in [0.15, 0.2) is 17.3 Å². The number of carbonyl (C=O) groups excluding carboxylic acids is 3. The van der Waals surface area contributed by atoms with E-state index in [1.807, 2.05) is 60.7 Å². The van der Waals surface area contributed by atoms with Crippen LogP contribution < -0.4 is 0 Å². The highest BCUT2D eigenvalue weighted by Crippen LogP contribution is 2.15. The van der Waals surface area contributed by atoms with E-state index in [9.17, 15) is 14.4 Å². The molecule has 156 valence electrons. The maximum atomic E-state index is 12.8. The minimum atomic E-state index is -0.0909. The van der Waals surface area contributed by atoms with Crippen molar-refractivity contribution in [1.29, 1.82) is 0 Å². The van der Waals surface area contributed by atoms with E-state index in [4.69, 9.17) is 0 Å². The van der Waals surface area contributed by atoms with E-state index >= 15 is 0 Å². The summed E-state index contributed by atoms with van der Waals surface area (Å²) in [6.07, 6.45) is 0.589. The third kappa shape index (κ3) is 5.13. The highest BCUT2D eigenvalue weighted by molar-refractivity contribution is 6.09. The van der Waals surface area contributed by atoms with Crippen molar-refractivity contribution in [3.63, 3.8) is 0 Å². The number of hydrogen-bond donors (Lipinski definition) is 0. The molecule has 0 bridgehead atoms. The van der Waals surface area contributed by atoms with Crippen molar-refractivity contribution in [3.05, 3.63) is 143 Å². The van der Waals surface area contributed by atoms with Crippen LogP contribution in [-0.4, -0.2) is 17.3 Å². The van der Waals surface area contributed by atoms with Gasteiger partial charge in [0.25, 0.3) is 0 Å². The molecule has 3 nitrogen and oxygen atoms in total. The smallest absolute Gasteiger partial charge is 0.193 e. The van der Waals surface area contributed by atoms with E-state index in [-0.39, 0.29) is 17.3 Å². The van der Waals surface area contributed by atoms with E-state index in [0.717, 1.165) is 11.1 Å². The van der Waals surface area contributed by atoms with Crippen LogP contribution >= 0.6 is 0 Å². The summed E-state index contributed by atoms with van der Waals surface area (Å²) in [7, 11) is 0. The van der Waals surface area contributed by atoms with Gasteiger partial charge in [0.1, 0.15) is 0 Å². The van der Waals surface area contributed by atoms with Crippen LogP contribution in [0.3, 0.4) is 0 Å². The molecule has 0 spiro atoms. The van der Waals surface area contributed by atoms with Crippen LogP contribution in [0.1, 0.15) is 47.8 Å². The van der Waals surface area contributed by atoms with Crippen LogP contribution in [0.15, 0.2) is 109 Å². The highest BCUT2D eigenvalue weighted by atomic mass is 16.1. The molecule has 4 aromatic carbocycles. The Bertz CT molecular complexity index is 1120.